The first-order valence-corrected chi connectivity index (χ1v) is 11.4. The van der Waals surface area contributed by atoms with Gasteiger partial charge in [-0.3, -0.25) is 14.4 Å². The smallest absolute Gasteiger partial charge is 0.312 e. The Morgan fingerprint density at radius 3 is 2.58 bits per heavy atom. The highest BCUT2D eigenvalue weighted by Crippen LogP contribution is 2.65. The van der Waals surface area contributed by atoms with Gasteiger partial charge in [-0.05, 0) is 57.4 Å². The second kappa shape index (κ2) is 8.29. The van der Waals surface area contributed by atoms with Crippen LogP contribution in [0.3, 0.4) is 0 Å². The molecule has 3 aliphatic heterocycles. The van der Waals surface area contributed by atoms with E-state index in [0.717, 1.165) is 0 Å². The molecule has 180 valence electrons. The minimum Gasteiger partial charge on any atom is -0.497 e. The summed E-state index contributed by atoms with van der Waals surface area (Å²) < 4.78 is 17.0. The van der Waals surface area contributed by atoms with Gasteiger partial charge in [-0.25, -0.2) is 0 Å². The van der Waals surface area contributed by atoms with Crippen LogP contribution in [0.5, 0.6) is 5.75 Å². The SMILES string of the molecule is CCOC(=O)[C@H]1[C@H]2C(=O)N([C@H](C)CO)C(C(=O)Nc3ccc(OC)cc3)C23CC(C)[C@]1(C)O3. The fraction of sp³-hybridized carbons (Fsp3) is 0.625. The Hall–Kier alpha value is -2.65. The van der Waals surface area contributed by atoms with Crippen LogP contribution in [-0.4, -0.2) is 71.4 Å². The number of hydrogen-bond acceptors (Lipinski definition) is 7. The summed E-state index contributed by atoms with van der Waals surface area (Å²) in [6, 6.07) is 5.24. The van der Waals surface area contributed by atoms with Crippen molar-refractivity contribution in [2.24, 2.45) is 17.8 Å². The van der Waals surface area contributed by atoms with Gasteiger partial charge < -0.3 is 29.5 Å². The van der Waals surface area contributed by atoms with Crippen LogP contribution in [0.25, 0.3) is 0 Å². The van der Waals surface area contributed by atoms with Gasteiger partial charge in [0.1, 0.15) is 23.3 Å². The standard InChI is InChI=1S/C24H32N2O7/c1-6-32-22(30)18-17-21(29)26(14(3)12-27)19(24(17)11-13(2)23(18,4)33-24)20(28)25-15-7-9-16(31-5)10-8-15/h7-10,13-14,17-19,27H,6,11-12H2,1-5H3,(H,25,28)/t13?,14-,17+,18-,19?,23+,24?/m1/s1. The molecule has 3 aliphatic rings. The first kappa shape index (κ1) is 23.5. The van der Waals surface area contributed by atoms with Crippen LogP contribution in [0.1, 0.15) is 34.1 Å². The Labute approximate surface area is 193 Å². The number of methoxy groups -OCH3 is 1. The van der Waals surface area contributed by atoms with Crippen molar-refractivity contribution in [3.8, 4) is 5.75 Å². The van der Waals surface area contributed by atoms with Gasteiger partial charge >= 0.3 is 5.97 Å². The van der Waals surface area contributed by atoms with Crippen LogP contribution in [0.4, 0.5) is 5.69 Å². The molecule has 9 nitrogen and oxygen atoms in total. The maximum absolute atomic E-state index is 13.7. The lowest BCUT2D eigenvalue weighted by Crippen LogP contribution is -2.56. The largest absolute Gasteiger partial charge is 0.497 e. The minimum absolute atomic E-state index is 0.0726. The quantitative estimate of drug-likeness (QED) is 0.594. The lowest BCUT2D eigenvalue weighted by molar-refractivity contribution is -0.161. The number of aliphatic hydroxyl groups is 1. The maximum atomic E-state index is 13.7. The van der Waals surface area contributed by atoms with Gasteiger partial charge in [-0.2, -0.15) is 0 Å². The molecule has 7 atom stereocenters. The molecule has 0 radical (unpaired) electrons. The zero-order valence-electron chi connectivity index (χ0n) is 19.7. The van der Waals surface area contributed by atoms with E-state index in [2.05, 4.69) is 5.32 Å². The average molecular weight is 461 g/mol. The first-order valence-electron chi connectivity index (χ1n) is 11.4. The number of anilines is 1. The summed E-state index contributed by atoms with van der Waals surface area (Å²) in [6.07, 6.45) is 0.450. The van der Waals surface area contributed by atoms with Gasteiger partial charge in [-0.15, -0.1) is 0 Å². The molecular formula is C24H32N2O7. The van der Waals surface area contributed by atoms with Crippen molar-refractivity contribution in [1.82, 2.24) is 4.90 Å². The highest BCUT2D eigenvalue weighted by molar-refractivity contribution is 6.03. The van der Waals surface area contributed by atoms with E-state index in [1.807, 2.05) is 13.8 Å². The van der Waals surface area contributed by atoms with E-state index in [-0.39, 0.29) is 25.0 Å². The minimum atomic E-state index is -1.18. The topological polar surface area (TPSA) is 114 Å². The number of hydrogen-bond donors (Lipinski definition) is 2. The number of carbonyl (C=O) groups is 3. The summed E-state index contributed by atoms with van der Waals surface area (Å²) in [5, 5.41) is 12.8. The number of rotatable bonds is 7. The number of fused-ring (bicyclic) bond motifs is 1. The highest BCUT2D eigenvalue weighted by Gasteiger charge is 2.80. The molecule has 2 N–H and O–H groups in total. The molecule has 9 heteroatoms. The van der Waals surface area contributed by atoms with Crippen molar-refractivity contribution in [1.29, 1.82) is 0 Å². The zero-order chi connectivity index (χ0) is 24.1. The van der Waals surface area contributed by atoms with E-state index in [1.165, 1.54) is 4.90 Å². The van der Waals surface area contributed by atoms with Gasteiger partial charge in [0.25, 0.3) is 0 Å². The van der Waals surface area contributed by atoms with Crippen molar-refractivity contribution in [2.75, 3.05) is 25.6 Å². The number of benzene rings is 1. The van der Waals surface area contributed by atoms with Crippen LogP contribution in [0.15, 0.2) is 24.3 Å². The van der Waals surface area contributed by atoms with Crippen molar-refractivity contribution in [2.45, 2.75) is 57.4 Å². The lowest BCUT2D eigenvalue weighted by atomic mass is 9.62. The summed E-state index contributed by atoms with van der Waals surface area (Å²) in [6.45, 7) is 7.06. The number of ether oxygens (including phenoxy) is 3. The van der Waals surface area contributed by atoms with Crippen LogP contribution < -0.4 is 10.1 Å². The second-order valence-corrected chi connectivity index (χ2v) is 9.45. The molecule has 1 aromatic carbocycles. The van der Waals surface area contributed by atoms with Crippen LogP contribution in [0, 0.1) is 17.8 Å². The van der Waals surface area contributed by atoms with Crippen LogP contribution >= 0.6 is 0 Å². The van der Waals surface area contributed by atoms with E-state index in [4.69, 9.17) is 14.2 Å². The van der Waals surface area contributed by atoms with E-state index < -0.39 is 47.0 Å². The van der Waals surface area contributed by atoms with E-state index in [9.17, 15) is 19.5 Å². The maximum Gasteiger partial charge on any atom is 0.312 e. The Morgan fingerprint density at radius 1 is 1.33 bits per heavy atom. The average Bonchev–Trinajstić information content (AvgIpc) is 3.30. The summed E-state index contributed by atoms with van der Waals surface area (Å²) in [5.74, 6) is -2.36. The van der Waals surface area contributed by atoms with Crippen molar-refractivity contribution in [3.63, 3.8) is 0 Å². The molecule has 0 aromatic heterocycles. The Morgan fingerprint density at radius 2 is 2.00 bits per heavy atom. The van der Waals surface area contributed by atoms with Gasteiger partial charge in [0, 0.05) is 5.69 Å². The van der Waals surface area contributed by atoms with Gasteiger partial charge in [-0.1, -0.05) is 6.92 Å². The normalized spacial score (nSPS) is 35.3. The molecule has 3 fully saturated rings. The van der Waals surface area contributed by atoms with Crippen molar-refractivity contribution >= 4 is 23.5 Å². The first-order chi connectivity index (χ1) is 15.6. The van der Waals surface area contributed by atoms with E-state index in [1.54, 1.807) is 45.2 Å². The van der Waals surface area contributed by atoms with Gasteiger partial charge in [0.15, 0.2) is 0 Å². The fourth-order valence-corrected chi connectivity index (χ4v) is 6.01. The number of likely N-dealkylation sites (tertiary alicyclic amines) is 1. The number of esters is 1. The molecule has 1 aromatic rings. The molecule has 2 bridgehead atoms. The molecule has 0 aliphatic carbocycles. The monoisotopic (exact) mass is 460 g/mol. The third-order valence-corrected chi connectivity index (χ3v) is 7.64. The van der Waals surface area contributed by atoms with E-state index >= 15 is 0 Å². The number of amides is 2. The third-order valence-electron chi connectivity index (χ3n) is 7.64. The number of carbonyl (C=O) groups excluding carboxylic acids is 3. The molecule has 3 saturated heterocycles. The Bertz CT molecular complexity index is 951. The summed E-state index contributed by atoms with van der Waals surface area (Å²) in [5.41, 5.74) is -1.55. The van der Waals surface area contributed by atoms with Gasteiger partial charge in [0.2, 0.25) is 11.8 Å². The van der Waals surface area contributed by atoms with Crippen LogP contribution in [0.2, 0.25) is 0 Å². The summed E-state index contributed by atoms with van der Waals surface area (Å²) in [7, 11) is 1.56. The molecule has 3 heterocycles. The third kappa shape index (κ3) is 3.32. The molecule has 2 amide bonds. The molecule has 1 spiro atoms. The molecule has 4 rings (SSSR count). The predicted octanol–water partition coefficient (Wildman–Crippen LogP) is 1.59. The van der Waals surface area contributed by atoms with Crippen molar-refractivity contribution in [3.05, 3.63) is 24.3 Å². The molecular weight excluding hydrogens is 428 g/mol. The number of nitrogens with zero attached hydrogens (tertiary/aromatic N) is 1. The number of aliphatic hydroxyl groups excluding tert-OH is 1. The van der Waals surface area contributed by atoms with Gasteiger partial charge in [0.05, 0.1) is 37.9 Å². The molecule has 0 saturated carbocycles. The molecule has 33 heavy (non-hydrogen) atoms. The van der Waals surface area contributed by atoms with Crippen LogP contribution in [-0.2, 0) is 23.9 Å². The Kier molecular flexibility index (Phi) is 5.90. The van der Waals surface area contributed by atoms with Crippen molar-refractivity contribution < 1.29 is 33.7 Å². The lowest BCUT2D eigenvalue weighted by Gasteiger charge is -2.36. The highest BCUT2D eigenvalue weighted by atomic mass is 16.6. The Balaban J connectivity index is 1.75. The summed E-state index contributed by atoms with van der Waals surface area (Å²) in [4.78, 5) is 41.8. The predicted molar refractivity (Wildman–Crippen MR) is 118 cm³/mol. The summed E-state index contributed by atoms with van der Waals surface area (Å²) >= 11 is 0. The molecule has 3 unspecified atom stereocenters. The van der Waals surface area contributed by atoms with E-state index in [0.29, 0.717) is 17.9 Å². The zero-order valence-corrected chi connectivity index (χ0v) is 19.7. The number of nitrogens with one attached hydrogen (secondary N) is 1. The fourth-order valence-electron chi connectivity index (χ4n) is 6.01. The second-order valence-electron chi connectivity index (χ2n) is 9.45.